The highest BCUT2D eigenvalue weighted by atomic mass is 16.5. The highest BCUT2D eigenvalue weighted by molar-refractivity contribution is 5.06. The molecule has 0 unspecified atom stereocenters. The van der Waals surface area contributed by atoms with Gasteiger partial charge in [-0.1, -0.05) is 12.1 Å². The lowest BCUT2D eigenvalue weighted by molar-refractivity contribution is -0.178. The molecule has 0 saturated carbocycles. The minimum Gasteiger partial charge on any atom is -0.364 e. The number of pyridine rings is 2. The van der Waals surface area contributed by atoms with E-state index in [0.717, 1.165) is 37.7 Å². The normalized spacial score (nSPS) is 25.3. The van der Waals surface area contributed by atoms with E-state index in [2.05, 4.69) is 31.9 Å². The van der Waals surface area contributed by atoms with E-state index in [1.807, 2.05) is 36.7 Å². The van der Waals surface area contributed by atoms with Crippen molar-refractivity contribution >= 4 is 0 Å². The minimum absolute atomic E-state index is 0.318. The van der Waals surface area contributed by atoms with Crippen LogP contribution in [0.2, 0.25) is 0 Å². The van der Waals surface area contributed by atoms with E-state index in [0.29, 0.717) is 25.5 Å². The van der Waals surface area contributed by atoms with Crippen LogP contribution in [-0.2, 0) is 22.6 Å². The first-order valence-electron chi connectivity index (χ1n) is 8.33. The third-order valence-corrected chi connectivity index (χ3v) is 4.66. The second-order valence-corrected chi connectivity index (χ2v) is 6.27. The van der Waals surface area contributed by atoms with Crippen molar-refractivity contribution in [2.45, 2.75) is 25.2 Å². The third-order valence-electron chi connectivity index (χ3n) is 4.66. The van der Waals surface area contributed by atoms with Gasteiger partial charge in [0, 0.05) is 25.5 Å². The molecular formula is C18H22N4O2. The van der Waals surface area contributed by atoms with Gasteiger partial charge in [0.1, 0.15) is 0 Å². The zero-order chi connectivity index (χ0) is 16.2. The van der Waals surface area contributed by atoms with Crippen molar-refractivity contribution in [1.82, 2.24) is 19.8 Å². The van der Waals surface area contributed by atoms with Crippen molar-refractivity contribution in [3.63, 3.8) is 0 Å². The van der Waals surface area contributed by atoms with E-state index in [-0.39, 0.29) is 0 Å². The molecule has 2 aliphatic heterocycles. The Morgan fingerprint density at radius 2 is 1.29 bits per heavy atom. The van der Waals surface area contributed by atoms with Crippen LogP contribution < -0.4 is 0 Å². The molecule has 2 aromatic heterocycles. The van der Waals surface area contributed by atoms with Crippen LogP contribution >= 0.6 is 0 Å². The first-order chi connectivity index (χ1) is 11.9. The van der Waals surface area contributed by atoms with Crippen LogP contribution in [0, 0.1) is 0 Å². The van der Waals surface area contributed by atoms with Crippen LogP contribution in [-0.4, -0.2) is 58.5 Å². The van der Waals surface area contributed by atoms with Crippen LogP contribution in [0.3, 0.4) is 0 Å². The Hall–Kier alpha value is -1.86. The summed E-state index contributed by atoms with van der Waals surface area (Å²) in [7, 11) is 0. The summed E-state index contributed by atoms with van der Waals surface area (Å²) in [6, 6.07) is 12.7. The molecule has 0 spiro atoms. The minimum atomic E-state index is 0.318. The fourth-order valence-corrected chi connectivity index (χ4v) is 3.42. The number of aromatic nitrogens is 2. The Kier molecular flexibility index (Phi) is 4.80. The van der Waals surface area contributed by atoms with Crippen LogP contribution in [0.4, 0.5) is 0 Å². The quantitative estimate of drug-likeness (QED) is 0.849. The molecule has 0 aliphatic carbocycles. The summed E-state index contributed by atoms with van der Waals surface area (Å²) in [5, 5.41) is 0. The van der Waals surface area contributed by atoms with Crippen LogP contribution in [0.1, 0.15) is 11.4 Å². The lowest BCUT2D eigenvalue weighted by atomic mass is 10.0. The summed E-state index contributed by atoms with van der Waals surface area (Å²) in [6.45, 7) is 4.28. The van der Waals surface area contributed by atoms with Crippen molar-refractivity contribution in [2.24, 2.45) is 0 Å². The van der Waals surface area contributed by atoms with Gasteiger partial charge in [-0.2, -0.15) is 0 Å². The SMILES string of the molecule is c1ccc(CN2COC[C@@H]3[C@H]2COCN3Cc2ccccn2)nc1. The number of hydrogen-bond donors (Lipinski definition) is 0. The number of nitrogens with zero attached hydrogens (tertiary/aromatic N) is 4. The van der Waals surface area contributed by atoms with Crippen molar-refractivity contribution < 1.29 is 9.47 Å². The number of rotatable bonds is 4. The van der Waals surface area contributed by atoms with Crippen LogP contribution in [0.15, 0.2) is 48.8 Å². The first kappa shape index (κ1) is 15.7. The molecule has 0 bridgehead atoms. The van der Waals surface area contributed by atoms with Crippen molar-refractivity contribution in [1.29, 1.82) is 0 Å². The molecule has 4 heterocycles. The lowest BCUT2D eigenvalue weighted by Gasteiger charge is -2.48. The molecule has 0 aromatic carbocycles. The van der Waals surface area contributed by atoms with Gasteiger partial charge in [0.2, 0.25) is 0 Å². The molecule has 2 fully saturated rings. The molecule has 2 aromatic rings. The van der Waals surface area contributed by atoms with Crippen molar-refractivity contribution in [3.8, 4) is 0 Å². The molecule has 0 N–H and O–H groups in total. The second kappa shape index (κ2) is 7.36. The summed E-state index contributed by atoms with van der Waals surface area (Å²) in [6.07, 6.45) is 3.67. The Labute approximate surface area is 142 Å². The van der Waals surface area contributed by atoms with Gasteiger partial charge in [-0.25, -0.2) is 0 Å². The molecule has 2 atom stereocenters. The van der Waals surface area contributed by atoms with E-state index < -0.39 is 0 Å². The van der Waals surface area contributed by atoms with Gasteiger partial charge in [0.25, 0.3) is 0 Å². The summed E-state index contributed by atoms with van der Waals surface area (Å²) in [5.41, 5.74) is 2.12. The Morgan fingerprint density at radius 3 is 1.71 bits per heavy atom. The average molecular weight is 326 g/mol. The fraction of sp³-hybridized carbons (Fsp3) is 0.444. The molecule has 126 valence electrons. The maximum atomic E-state index is 5.87. The summed E-state index contributed by atoms with van der Waals surface area (Å²) < 4.78 is 11.7. The highest BCUT2D eigenvalue weighted by Gasteiger charge is 2.39. The van der Waals surface area contributed by atoms with Gasteiger partial charge < -0.3 is 9.47 Å². The Bertz CT molecular complexity index is 582. The van der Waals surface area contributed by atoms with Gasteiger partial charge in [-0.15, -0.1) is 0 Å². The molecule has 2 saturated heterocycles. The Balaban J connectivity index is 1.47. The maximum Gasteiger partial charge on any atom is 0.0998 e. The van der Waals surface area contributed by atoms with Crippen molar-refractivity contribution in [2.75, 3.05) is 26.7 Å². The standard InChI is InChI=1S/C18H22N4O2/c1-3-7-19-15(5-1)9-21-13-23-12-18-17(21)11-24-14-22(18)10-16-6-2-4-8-20-16/h1-8,17-18H,9-14H2/t17-,18-/m1/s1. The lowest BCUT2D eigenvalue weighted by Crippen LogP contribution is -2.63. The molecule has 4 rings (SSSR count). The smallest absolute Gasteiger partial charge is 0.0998 e. The summed E-state index contributed by atoms with van der Waals surface area (Å²) in [4.78, 5) is 13.5. The molecular weight excluding hydrogens is 304 g/mol. The Morgan fingerprint density at radius 1 is 0.792 bits per heavy atom. The second-order valence-electron chi connectivity index (χ2n) is 6.27. The molecule has 24 heavy (non-hydrogen) atoms. The molecule has 2 aliphatic rings. The van der Waals surface area contributed by atoms with Crippen LogP contribution in [0.5, 0.6) is 0 Å². The molecule has 0 amide bonds. The van der Waals surface area contributed by atoms with Gasteiger partial charge in [-0.05, 0) is 24.3 Å². The summed E-state index contributed by atoms with van der Waals surface area (Å²) in [5.74, 6) is 0. The van der Waals surface area contributed by atoms with E-state index in [1.165, 1.54) is 0 Å². The maximum absolute atomic E-state index is 5.87. The highest BCUT2D eigenvalue weighted by Crippen LogP contribution is 2.24. The van der Waals surface area contributed by atoms with Gasteiger partial charge in [-0.3, -0.25) is 19.8 Å². The molecule has 6 heteroatoms. The predicted molar refractivity (Wildman–Crippen MR) is 88.8 cm³/mol. The monoisotopic (exact) mass is 326 g/mol. The van der Waals surface area contributed by atoms with E-state index in [9.17, 15) is 0 Å². The van der Waals surface area contributed by atoms with Gasteiger partial charge >= 0.3 is 0 Å². The average Bonchev–Trinajstić information content (AvgIpc) is 2.64. The summed E-state index contributed by atoms with van der Waals surface area (Å²) >= 11 is 0. The number of fused-ring (bicyclic) bond motifs is 1. The number of ether oxygens (including phenoxy) is 2. The third kappa shape index (κ3) is 3.47. The molecule has 6 nitrogen and oxygen atoms in total. The first-order valence-corrected chi connectivity index (χ1v) is 8.33. The zero-order valence-corrected chi connectivity index (χ0v) is 13.6. The number of hydrogen-bond acceptors (Lipinski definition) is 6. The topological polar surface area (TPSA) is 50.7 Å². The molecule has 0 radical (unpaired) electrons. The van der Waals surface area contributed by atoms with E-state index in [4.69, 9.17) is 9.47 Å². The van der Waals surface area contributed by atoms with E-state index in [1.54, 1.807) is 0 Å². The van der Waals surface area contributed by atoms with Gasteiger partial charge in [0.05, 0.1) is 50.1 Å². The van der Waals surface area contributed by atoms with Crippen molar-refractivity contribution in [3.05, 3.63) is 60.2 Å². The van der Waals surface area contributed by atoms with Crippen LogP contribution in [0.25, 0.3) is 0 Å². The zero-order valence-electron chi connectivity index (χ0n) is 13.6. The van der Waals surface area contributed by atoms with Gasteiger partial charge in [0.15, 0.2) is 0 Å². The largest absolute Gasteiger partial charge is 0.364 e. The van der Waals surface area contributed by atoms with E-state index >= 15 is 0 Å². The predicted octanol–water partition coefficient (Wildman–Crippen LogP) is 1.49. The fourth-order valence-electron chi connectivity index (χ4n) is 3.42.